The molecular formula is C20H17NO4. The summed E-state index contributed by atoms with van der Waals surface area (Å²) in [7, 11) is 1.26. The predicted molar refractivity (Wildman–Crippen MR) is 92.7 cm³/mol. The summed E-state index contributed by atoms with van der Waals surface area (Å²) in [5.74, 6) is -1.13. The number of fused-ring (bicyclic) bond motifs is 1. The van der Waals surface area contributed by atoms with Crippen molar-refractivity contribution in [1.29, 1.82) is 0 Å². The van der Waals surface area contributed by atoms with Crippen LogP contribution in [0.2, 0.25) is 0 Å². The van der Waals surface area contributed by atoms with Crippen LogP contribution in [-0.4, -0.2) is 24.0 Å². The smallest absolute Gasteiger partial charge is 0.351 e. The Balaban J connectivity index is 1.75. The molecule has 0 saturated heterocycles. The predicted octanol–water partition coefficient (Wildman–Crippen LogP) is 3.23. The number of methoxy groups -OCH3 is 1. The number of esters is 2. The van der Waals surface area contributed by atoms with Gasteiger partial charge in [0.05, 0.1) is 19.0 Å². The molecule has 0 aliphatic heterocycles. The van der Waals surface area contributed by atoms with Crippen LogP contribution in [0.3, 0.4) is 0 Å². The summed E-state index contributed by atoms with van der Waals surface area (Å²) in [5.41, 5.74) is 2.15. The van der Waals surface area contributed by atoms with E-state index in [0.717, 1.165) is 16.5 Å². The van der Waals surface area contributed by atoms with Gasteiger partial charge in [-0.25, -0.2) is 4.79 Å². The second-order valence-electron chi connectivity index (χ2n) is 5.52. The molecule has 0 N–H and O–H groups in total. The molecule has 3 aromatic rings. The van der Waals surface area contributed by atoms with Crippen molar-refractivity contribution in [2.24, 2.45) is 0 Å². The molecule has 0 fully saturated rings. The molecule has 5 nitrogen and oxygen atoms in total. The summed E-state index contributed by atoms with van der Waals surface area (Å²) in [6, 6.07) is 18.3. The quantitative estimate of drug-likeness (QED) is 0.670. The van der Waals surface area contributed by atoms with Crippen LogP contribution >= 0.6 is 0 Å². The van der Waals surface area contributed by atoms with Gasteiger partial charge in [-0.3, -0.25) is 9.78 Å². The lowest BCUT2D eigenvalue weighted by molar-refractivity contribution is -0.166. The molecule has 0 radical (unpaired) electrons. The van der Waals surface area contributed by atoms with E-state index in [1.165, 1.54) is 7.11 Å². The Kier molecular flexibility index (Phi) is 5.04. The number of carbonyl (C=O) groups excluding carboxylic acids is 2. The van der Waals surface area contributed by atoms with Gasteiger partial charge in [0, 0.05) is 17.1 Å². The van der Waals surface area contributed by atoms with Crippen LogP contribution in [-0.2, 0) is 25.5 Å². The topological polar surface area (TPSA) is 65.5 Å². The Bertz CT molecular complexity index is 892. The summed E-state index contributed by atoms with van der Waals surface area (Å²) >= 11 is 0. The molecule has 5 heteroatoms. The van der Waals surface area contributed by atoms with E-state index in [4.69, 9.17) is 9.47 Å². The SMILES string of the molecule is COC(=O)[C@@H](OC(=O)Cc1cnc2ccccc2c1)c1ccccc1. The van der Waals surface area contributed by atoms with E-state index in [-0.39, 0.29) is 6.42 Å². The molecule has 0 bridgehead atoms. The highest BCUT2D eigenvalue weighted by Crippen LogP contribution is 2.20. The Morgan fingerprint density at radius 3 is 2.52 bits per heavy atom. The van der Waals surface area contributed by atoms with Crippen LogP contribution < -0.4 is 0 Å². The van der Waals surface area contributed by atoms with E-state index in [2.05, 4.69) is 4.98 Å². The van der Waals surface area contributed by atoms with Gasteiger partial charge in [0.1, 0.15) is 0 Å². The number of hydrogen-bond acceptors (Lipinski definition) is 5. The van der Waals surface area contributed by atoms with Gasteiger partial charge in [-0.05, 0) is 17.7 Å². The first-order valence-corrected chi connectivity index (χ1v) is 7.83. The van der Waals surface area contributed by atoms with E-state index in [1.54, 1.807) is 30.5 Å². The lowest BCUT2D eigenvalue weighted by Gasteiger charge is -2.16. The molecule has 1 heterocycles. The van der Waals surface area contributed by atoms with Crippen molar-refractivity contribution in [3.05, 3.63) is 78.0 Å². The third-order valence-corrected chi connectivity index (χ3v) is 3.76. The third kappa shape index (κ3) is 4.01. The maximum Gasteiger partial charge on any atom is 0.351 e. The maximum absolute atomic E-state index is 12.3. The second-order valence-corrected chi connectivity index (χ2v) is 5.52. The zero-order valence-electron chi connectivity index (χ0n) is 13.7. The molecule has 0 amide bonds. The van der Waals surface area contributed by atoms with E-state index in [1.807, 2.05) is 36.4 Å². The van der Waals surface area contributed by atoms with Gasteiger partial charge in [0.2, 0.25) is 6.10 Å². The zero-order valence-corrected chi connectivity index (χ0v) is 13.7. The summed E-state index contributed by atoms with van der Waals surface area (Å²) in [4.78, 5) is 28.6. The summed E-state index contributed by atoms with van der Waals surface area (Å²) in [6.07, 6.45) is 0.587. The Morgan fingerprint density at radius 2 is 1.76 bits per heavy atom. The average Bonchev–Trinajstić information content (AvgIpc) is 2.66. The summed E-state index contributed by atoms with van der Waals surface area (Å²) in [6.45, 7) is 0. The summed E-state index contributed by atoms with van der Waals surface area (Å²) in [5, 5.41) is 0.945. The largest absolute Gasteiger partial charge is 0.466 e. The fourth-order valence-electron chi connectivity index (χ4n) is 2.54. The van der Waals surface area contributed by atoms with E-state index < -0.39 is 18.0 Å². The standard InChI is InChI=1S/C20H17NO4/c1-24-20(23)19(15-7-3-2-4-8-15)25-18(22)12-14-11-16-9-5-6-10-17(16)21-13-14/h2-11,13,19H,12H2,1H3/t19-/m0/s1. The van der Waals surface area contributed by atoms with Crippen molar-refractivity contribution in [3.63, 3.8) is 0 Å². The molecule has 0 aliphatic rings. The number of hydrogen-bond donors (Lipinski definition) is 0. The second kappa shape index (κ2) is 7.57. The van der Waals surface area contributed by atoms with Crippen LogP contribution in [0.15, 0.2) is 66.9 Å². The molecular weight excluding hydrogens is 318 g/mol. The van der Waals surface area contributed by atoms with Gasteiger partial charge in [0.15, 0.2) is 0 Å². The van der Waals surface area contributed by atoms with Gasteiger partial charge in [-0.15, -0.1) is 0 Å². The Hall–Kier alpha value is -3.21. The minimum atomic E-state index is -1.08. The molecule has 126 valence electrons. The number of ether oxygens (including phenoxy) is 2. The Labute approximate surface area is 145 Å². The van der Waals surface area contributed by atoms with Crippen molar-refractivity contribution in [1.82, 2.24) is 4.98 Å². The monoisotopic (exact) mass is 335 g/mol. The molecule has 3 rings (SSSR count). The molecule has 25 heavy (non-hydrogen) atoms. The van der Waals surface area contributed by atoms with Crippen molar-refractivity contribution in [2.75, 3.05) is 7.11 Å². The van der Waals surface area contributed by atoms with Crippen molar-refractivity contribution < 1.29 is 19.1 Å². The van der Waals surface area contributed by atoms with Gasteiger partial charge in [-0.2, -0.15) is 0 Å². The van der Waals surface area contributed by atoms with Crippen LogP contribution in [0, 0.1) is 0 Å². The van der Waals surface area contributed by atoms with Gasteiger partial charge in [0.25, 0.3) is 0 Å². The lowest BCUT2D eigenvalue weighted by atomic mass is 10.1. The third-order valence-electron chi connectivity index (χ3n) is 3.76. The molecule has 1 atom stereocenters. The summed E-state index contributed by atoms with van der Waals surface area (Å²) < 4.78 is 10.1. The number of carbonyl (C=O) groups is 2. The number of rotatable bonds is 5. The van der Waals surface area contributed by atoms with Crippen LogP contribution in [0.4, 0.5) is 0 Å². The van der Waals surface area contributed by atoms with Crippen molar-refractivity contribution >= 4 is 22.8 Å². The first kappa shape index (κ1) is 16.6. The van der Waals surface area contributed by atoms with Gasteiger partial charge < -0.3 is 9.47 Å². The number of para-hydroxylation sites is 1. The number of nitrogens with zero attached hydrogens (tertiary/aromatic N) is 1. The van der Waals surface area contributed by atoms with Crippen molar-refractivity contribution in [2.45, 2.75) is 12.5 Å². The number of pyridine rings is 1. The number of aromatic nitrogens is 1. The molecule has 0 saturated carbocycles. The van der Waals surface area contributed by atoms with Crippen LogP contribution in [0.1, 0.15) is 17.2 Å². The van der Waals surface area contributed by atoms with Crippen molar-refractivity contribution in [3.8, 4) is 0 Å². The van der Waals surface area contributed by atoms with E-state index >= 15 is 0 Å². The zero-order chi connectivity index (χ0) is 17.6. The normalized spacial score (nSPS) is 11.7. The fraction of sp³-hybridized carbons (Fsp3) is 0.150. The minimum Gasteiger partial charge on any atom is -0.466 e. The number of benzene rings is 2. The Morgan fingerprint density at radius 1 is 1.04 bits per heavy atom. The average molecular weight is 335 g/mol. The molecule has 0 spiro atoms. The van der Waals surface area contributed by atoms with Gasteiger partial charge in [-0.1, -0.05) is 48.5 Å². The molecule has 1 aromatic heterocycles. The maximum atomic E-state index is 12.3. The molecule has 0 aliphatic carbocycles. The molecule has 2 aromatic carbocycles. The lowest BCUT2D eigenvalue weighted by Crippen LogP contribution is -2.22. The highest BCUT2D eigenvalue weighted by molar-refractivity contribution is 5.83. The minimum absolute atomic E-state index is 0.0260. The van der Waals surface area contributed by atoms with Crippen LogP contribution in [0.25, 0.3) is 10.9 Å². The fourth-order valence-corrected chi connectivity index (χ4v) is 2.54. The first-order chi connectivity index (χ1) is 12.2. The first-order valence-electron chi connectivity index (χ1n) is 7.83. The van der Waals surface area contributed by atoms with E-state index in [0.29, 0.717) is 5.56 Å². The van der Waals surface area contributed by atoms with Gasteiger partial charge >= 0.3 is 11.9 Å². The molecule has 0 unspecified atom stereocenters. The van der Waals surface area contributed by atoms with E-state index in [9.17, 15) is 9.59 Å². The highest BCUT2D eigenvalue weighted by Gasteiger charge is 2.25. The van der Waals surface area contributed by atoms with Crippen LogP contribution in [0.5, 0.6) is 0 Å². The highest BCUT2D eigenvalue weighted by atomic mass is 16.6.